The molecule has 1 aromatic carbocycles. The summed E-state index contributed by atoms with van der Waals surface area (Å²) in [6.07, 6.45) is 1.95. The van der Waals surface area contributed by atoms with Crippen molar-refractivity contribution in [2.75, 3.05) is 5.73 Å². The Bertz CT molecular complexity index is 807. The Labute approximate surface area is 119 Å². The van der Waals surface area contributed by atoms with Crippen LogP contribution in [0.15, 0.2) is 34.0 Å². The number of anilines is 1. The summed E-state index contributed by atoms with van der Waals surface area (Å²) in [5, 5.41) is 10.8. The van der Waals surface area contributed by atoms with Crippen LogP contribution in [0.1, 0.15) is 18.1 Å². The fourth-order valence-electron chi connectivity index (χ4n) is 1.97. The molecule has 0 unspecified atom stereocenters. The predicted molar refractivity (Wildman–Crippen MR) is 77.3 cm³/mol. The van der Waals surface area contributed by atoms with Gasteiger partial charge in [0.05, 0.1) is 11.5 Å². The molecule has 0 saturated heterocycles. The molecule has 1 aromatic heterocycles. The summed E-state index contributed by atoms with van der Waals surface area (Å²) in [5.41, 5.74) is 5.42. The summed E-state index contributed by atoms with van der Waals surface area (Å²) >= 11 is 0. The van der Waals surface area contributed by atoms with Crippen LogP contribution in [-0.2, 0) is 13.0 Å². The van der Waals surface area contributed by atoms with Crippen molar-refractivity contribution < 1.29 is 4.92 Å². The molecule has 0 atom stereocenters. The molecule has 0 aliphatic carbocycles. The minimum absolute atomic E-state index is 0.0619. The van der Waals surface area contributed by atoms with Gasteiger partial charge in [-0.25, -0.2) is 4.79 Å². The first-order valence-corrected chi connectivity index (χ1v) is 6.27. The lowest BCUT2D eigenvalue weighted by atomic mass is 10.1. The maximum absolute atomic E-state index is 11.7. The molecule has 8 heteroatoms. The minimum atomic E-state index is -0.577. The summed E-state index contributed by atoms with van der Waals surface area (Å²) < 4.78 is 1.30. The van der Waals surface area contributed by atoms with Gasteiger partial charge in [0.1, 0.15) is 5.69 Å². The van der Waals surface area contributed by atoms with Crippen LogP contribution in [0.25, 0.3) is 0 Å². The van der Waals surface area contributed by atoms with E-state index in [9.17, 15) is 19.7 Å². The van der Waals surface area contributed by atoms with Crippen LogP contribution in [0.3, 0.4) is 0 Å². The molecular formula is C13H14N4O4. The molecule has 0 amide bonds. The fraction of sp³-hybridized carbons (Fsp3) is 0.231. The molecule has 8 nitrogen and oxygen atoms in total. The zero-order valence-electron chi connectivity index (χ0n) is 11.3. The molecule has 0 aliphatic heterocycles. The van der Waals surface area contributed by atoms with Crippen LogP contribution in [0, 0.1) is 10.1 Å². The van der Waals surface area contributed by atoms with Gasteiger partial charge in [0.15, 0.2) is 0 Å². The Hall–Kier alpha value is -2.90. The largest absolute Gasteiger partial charge is 0.393 e. The van der Waals surface area contributed by atoms with Crippen molar-refractivity contribution in [3.8, 4) is 0 Å². The Morgan fingerprint density at radius 3 is 2.71 bits per heavy atom. The van der Waals surface area contributed by atoms with Crippen molar-refractivity contribution in [3.63, 3.8) is 0 Å². The average molecular weight is 290 g/mol. The molecule has 3 N–H and O–H groups in total. The number of nitrogen functional groups attached to an aromatic ring is 1. The molecule has 1 heterocycles. The number of nitro groups is 1. The number of benzene rings is 1. The van der Waals surface area contributed by atoms with E-state index >= 15 is 0 Å². The minimum Gasteiger partial charge on any atom is -0.393 e. The van der Waals surface area contributed by atoms with E-state index < -0.39 is 16.2 Å². The molecule has 2 aromatic rings. The van der Waals surface area contributed by atoms with E-state index in [4.69, 9.17) is 5.73 Å². The molecule has 0 bridgehead atoms. The fourth-order valence-corrected chi connectivity index (χ4v) is 1.97. The summed E-state index contributed by atoms with van der Waals surface area (Å²) in [6.45, 7) is 1.91. The van der Waals surface area contributed by atoms with Crippen LogP contribution < -0.4 is 17.0 Å². The van der Waals surface area contributed by atoms with E-state index in [2.05, 4.69) is 4.98 Å². The Balaban J connectivity index is 2.43. The number of aromatic nitrogens is 2. The topological polar surface area (TPSA) is 124 Å². The van der Waals surface area contributed by atoms with Crippen LogP contribution in [0.2, 0.25) is 0 Å². The lowest BCUT2D eigenvalue weighted by Crippen LogP contribution is -2.31. The predicted octanol–water partition coefficient (Wildman–Crippen LogP) is 0.638. The number of rotatable bonds is 4. The summed E-state index contributed by atoms with van der Waals surface area (Å²) in [6, 6.07) is 4.34. The summed E-state index contributed by atoms with van der Waals surface area (Å²) in [5.74, 6) is 0. The van der Waals surface area contributed by atoms with E-state index in [0.717, 1.165) is 0 Å². The standard InChI is InChI=1S/C13H14N4O4/c1-2-9-7-16(13(19)15-12(9)18)6-8-3-4-10(14)11(5-8)17(20)21/h3-5,7H,2,6,14H2,1H3,(H,15,18,19). The van der Waals surface area contributed by atoms with E-state index in [0.29, 0.717) is 17.5 Å². The zero-order chi connectivity index (χ0) is 15.6. The van der Waals surface area contributed by atoms with Crippen molar-refractivity contribution in [1.29, 1.82) is 0 Å². The first kappa shape index (κ1) is 14.5. The highest BCUT2D eigenvalue weighted by molar-refractivity contribution is 5.59. The van der Waals surface area contributed by atoms with E-state index in [-0.39, 0.29) is 17.9 Å². The number of nitrogens with zero attached hydrogens (tertiary/aromatic N) is 2. The molecule has 0 saturated carbocycles. The summed E-state index contributed by atoms with van der Waals surface area (Å²) in [7, 11) is 0. The third-order valence-electron chi connectivity index (χ3n) is 3.11. The maximum Gasteiger partial charge on any atom is 0.328 e. The van der Waals surface area contributed by atoms with Crippen molar-refractivity contribution in [2.45, 2.75) is 19.9 Å². The van der Waals surface area contributed by atoms with Gasteiger partial charge in [0.2, 0.25) is 0 Å². The number of hydrogen-bond acceptors (Lipinski definition) is 5. The van der Waals surface area contributed by atoms with Crippen molar-refractivity contribution >= 4 is 11.4 Å². The Kier molecular flexibility index (Phi) is 3.88. The second-order valence-electron chi connectivity index (χ2n) is 4.55. The van der Waals surface area contributed by atoms with E-state index in [1.165, 1.54) is 22.9 Å². The van der Waals surface area contributed by atoms with Gasteiger partial charge < -0.3 is 5.73 Å². The maximum atomic E-state index is 11.7. The summed E-state index contributed by atoms with van der Waals surface area (Å²) in [4.78, 5) is 35.7. The van der Waals surface area contributed by atoms with Gasteiger partial charge in [-0.1, -0.05) is 13.0 Å². The van der Waals surface area contributed by atoms with Crippen molar-refractivity contribution in [3.05, 3.63) is 66.5 Å². The number of hydrogen-bond donors (Lipinski definition) is 2. The smallest absolute Gasteiger partial charge is 0.328 e. The van der Waals surface area contributed by atoms with Crippen molar-refractivity contribution in [2.24, 2.45) is 0 Å². The molecule has 110 valence electrons. The Morgan fingerprint density at radius 1 is 1.38 bits per heavy atom. The highest BCUT2D eigenvalue weighted by Gasteiger charge is 2.12. The van der Waals surface area contributed by atoms with Crippen molar-refractivity contribution in [1.82, 2.24) is 9.55 Å². The molecule has 21 heavy (non-hydrogen) atoms. The third-order valence-corrected chi connectivity index (χ3v) is 3.11. The number of aromatic amines is 1. The van der Waals surface area contributed by atoms with Gasteiger partial charge in [0.25, 0.3) is 11.2 Å². The first-order chi connectivity index (χ1) is 9.92. The number of nitro benzene ring substituents is 1. The van der Waals surface area contributed by atoms with Gasteiger partial charge in [-0.15, -0.1) is 0 Å². The monoisotopic (exact) mass is 290 g/mol. The molecule has 0 spiro atoms. The number of nitrogens with two attached hydrogens (primary N) is 1. The SMILES string of the molecule is CCc1cn(Cc2ccc(N)c([N+](=O)[O-])c2)c(=O)[nH]c1=O. The lowest BCUT2D eigenvalue weighted by molar-refractivity contribution is -0.384. The zero-order valence-corrected chi connectivity index (χ0v) is 11.3. The quantitative estimate of drug-likeness (QED) is 0.485. The van der Waals surface area contributed by atoms with Crippen LogP contribution in [0.4, 0.5) is 11.4 Å². The lowest BCUT2D eigenvalue weighted by Gasteiger charge is -2.07. The molecular weight excluding hydrogens is 276 g/mol. The van der Waals surface area contributed by atoms with Gasteiger partial charge in [-0.05, 0) is 18.1 Å². The van der Waals surface area contributed by atoms with E-state index in [1.54, 1.807) is 13.0 Å². The molecule has 0 aliphatic rings. The highest BCUT2D eigenvalue weighted by Crippen LogP contribution is 2.22. The third kappa shape index (κ3) is 2.99. The molecule has 0 radical (unpaired) electrons. The average Bonchev–Trinajstić information content (AvgIpc) is 2.43. The van der Waals surface area contributed by atoms with Crippen LogP contribution in [-0.4, -0.2) is 14.5 Å². The van der Waals surface area contributed by atoms with Gasteiger partial charge in [-0.3, -0.25) is 24.5 Å². The van der Waals surface area contributed by atoms with Gasteiger partial charge >= 0.3 is 5.69 Å². The first-order valence-electron chi connectivity index (χ1n) is 6.27. The highest BCUT2D eigenvalue weighted by atomic mass is 16.6. The van der Waals surface area contributed by atoms with E-state index in [1.807, 2.05) is 0 Å². The Morgan fingerprint density at radius 2 is 2.10 bits per heavy atom. The van der Waals surface area contributed by atoms with Gasteiger partial charge in [0, 0.05) is 17.8 Å². The molecule has 0 fully saturated rings. The van der Waals surface area contributed by atoms with Gasteiger partial charge in [-0.2, -0.15) is 0 Å². The van der Waals surface area contributed by atoms with Crippen LogP contribution >= 0.6 is 0 Å². The normalized spacial score (nSPS) is 10.5. The van der Waals surface area contributed by atoms with Crippen LogP contribution in [0.5, 0.6) is 0 Å². The second kappa shape index (κ2) is 5.61. The number of aryl methyl sites for hydroxylation is 1. The number of nitrogens with one attached hydrogen (secondary N) is 1. The number of H-pyrrole nitrogens is 1. The second-order valence-corrected chi connectivity index (χ2v) is 4.55. The molecule has 2 rings (SSSR count).